The molecule has 3 aromatic heterocycles. The summed E-state index contributed by atoms with van der Waals surface area (Å²) in [7, 11) is 0. The molecule has 0 saturated heterocycles. The molecule has 0 N–H and O–H groups in total. The van der Waals surface area contributed by atoms with Gasteiger partial charge in [0.1, 0.15) is 5.76 Å². The first-order valence-corrected chi connectivity index (χ1v) is 6.58. The SMILES string of the molecule is O=C(c1ccco1)N(Cc1ccccn1)Cc1ccco1. The molecule has 0 aliphatic heterocycles. The van der Waals surface area contributed by atoms with Crippen molar-refractivity contribution in [2.75, 3.05) is 0 Å². The van der Waals surface area contributed by atoms with Crippen molar-refractivity contribution in [2.24, 2.45) is 0 Å². The van der Waals surface area contributed by atoms with Gasteiger partial charge in [-0.3, -0.25) is 9.78 Å². The number of rotatable bonds is 5. The summed E-state index contributed by atoms with van der Waals surface area (Å²) in [5, 5.41) is 0. The van der Waals surface area contributed by atoms with E-state index in [1.165, 1.54) is 6.26 Å². The topological polar surface area (TPSA) is 59.5 Å². The molecule has 21 heavy (non-hydrogen) atoms. The third-order valence-corrected chi connectivity index (χ3v) is 3.02. The monoisotopic (exact) mass is 282 g/mol. The van der Waals surface area contributed by atoms with Gasteiger partial charge in [-0.05, 0) is 36.4 Å². The second-order valence-electron chi connectivity index (χ2n) is 4.54. The minimum Gasteiger partial charge on any atom is -0.467 e. The van der Waals surface area contributed by atoms with Crippen molar-refractivity contribution < 1.29 is 13.6 Å². The minimum atomic E-state index is -0.193. The Bertz CT molecular complexity index is 676. The molecule has 3 heterocycles. The number of pyridine rings is 1. The van der Waals surface area contributed by atoms with Gasteiger partial charge in [-0.25, -0.2) is 0 Å². The van der Waals surface area contributed by atoms with Crippen molar-refractivity contribution in [3.8, 4) is 0 Å². The molecule has 106 valence electrons. The largest absolute Gasteiger partial charge is 0.467 e. The third-order valence-electron chi connectivity index (χ3n) is 3.02. The number of carbonyl (C=O) groups is 1. The van der Waals surface area contributed by atoms with Crippen LogP contribution in [0.3, 0.4) is 0 Å². The van der Waals surface area contributed by atoms with Crippen LogP contribution in [0.5, 0.6) is 0 Å². The Kier molecular flexibility index (Phi) is 3.82. The fourth-order valence-corrected chi connectivity index (χ4v) is 2.03. The molecule has 0 atom stereocenters. The van der Waals surface area contributed by atoms with Gasteiger partial charge in [-0.15, -0.1) is 0 Å². The first-order chi connectivity index (χ1) is 10.3. The summed E-state index contributed by atoms with van der Waals surface area (Å²) in [4.78, 5) is 18.4. The molecule has 0 spiro atoms. The van der Waals surface area contributed by atoms with Gasteiger partial charge in [0.25, 0.3) is 5.91 Å². The number of nitrogens with zero attached hydrogens (tertiary/aromatic N) is 2. The van der Waals surface area contributed by atoms with Gasteiger partial charge in [-0.2, -0.15) is 0 Å². The van der Waals surface area contributed by atoms with Gasteiger partial charge in [0.15, 0.2) is 5.76 Å². The van der Waals surface area contributed by atoms with Crippen LogP contribution >= 0.6 is 0 Å². The van der Waals surface area contributed by atoms with E-state index in [2.05, 4.69) is 4.98 Å². The molecular weight excluding hydrogens is 268 g/mol. The lowest BCUT2D eigenvalue weighted by atomic mass is 10.3. The summed E-state index contributed by atoms with van der Waals surface area (Å²) in [5.41, 5.74) is 0.809. The van der Waals surface area contributed by atoms with Gasteiger partial charge in [0, 0.05) is 6.20 Å². The summed E-state index contributed by atoms with van der Waals surface area (Å²) in [6.07, 6.45) is 4.78. The van der Waals surface area contributed by atoms with Crippen molar-refractivity contribution >= 4 is 5.91 Å². The predicted octanol–water partition coefficient (Wildman–Crippen LogP) is 3.11. The van der Waals surface area contributed by atoms with E-state index >= 15 is 0 Å². The Morgan fingerprint density at radius 3 is 2.52 bits per heavy atom. The van der Waals surface area contributed by atoms with E-state index in [0.717, 1.165) is 5.69 Å². The van der Waals surface area contributed by atoms with Crippen molar-refractivity contribution in [1.82, 2.24) is 9.88 Å². The van der Waals surface area contributed by atoms with E-state index in [1.807, 2.05) is 24.3 Å². The van der Waals surface area contributed by atoms with Crippen LogP contribution in [0.15, 0.2) is 70.0 Å². The highest BCUT2D eigenvalue weighted by Crippen LogP contribution is 2.14. The van der Waals surface area contributed by atoms with Gasteiger partial charge in [0.2, 0.25) is 0 Å². The number of furan rings is 2. The van der Waals surface area contributed by atoms with E-state index in [4.69, 9.17) is 8.83 Å². The summed E-state index contributed by atoms with van der Waals surface area (Å²) in [6.45, 7) is 0.754. The molecule has 0 aliphatic rings. The Labute approximate surface area is 121 Å². The average Bonchev–Trinajstić information content (AvgIpc) is 3.20. The molecule has 5 nitrogen and oxygen atoms in total. The summed E-state index contributed by atoms with van der Waals surface area (Å²) >= 11 is 0. The normalized spacial score (nSPS) is 10.5. The minimum absolute atomic E-state index is 0.193. The van der Waals surface area contributed by atoms with Gasteiger partial charge in [-0.1, -0.05) is 6.07 Å². The van der Waals surface area contributed by atoms with Crippen LogP contribution in [0.1, 0.15) is 22.0 Å². The number of carbonyl (C=O) groups excluding carboxylic acids is 1. The van der Waals surface area contributed by atoms with Crippen LogP contribution in [0, 0.1) is 0 Å². The van der Waals surface area contributed by atoms with Gasteiger partial charge >= 0.3 is 0 Å². The standard InChI is InChI=1S/C16H14N2O3/c19-16(15-7-4-10-21-15)18(12-14-6-3-9-20-14)11-13-5-1-2-8-17-13/h1-10H,11-12H2. The lowest BCUT2D eigenvalue weighted by Crippen LogP contribution is -2.30. The third kappa shape index (κ3) is 3.20. The molecule has 0 fully saturated rings. The van der Waals surface area contributed by atoms with Crippen LogP contribution in [0.2, 0.25) is 0 Å². The van der Waals surface area contributed by atoms with Crippen molar-refractivity contribution in [1.29, 1.82) is 0 Å². The maximum Gasteiger partial charge on any atom is 0.290 e. The average molecular weight is 282 g/mol. The number of aromatic nitrogens is 1. The van der Waals surface area contributed by atoms with E-state index in [9.17, 15) is 4.79 Å². The number of hydrogen-bond donors (Lipinski definition) is 0. The molecule has 0 saturated carbocycles. The molecule has 1 amide bonds. The predicted molar refractivity (Wildman–Crippen MR) is 75.2 cm³/mol. The Hall–Kier alpha value is -2.82. The lowest BCUT2D eigenvalue weighted by Gasteiger charge is -2.20. The summed E-state index contributed by atoms with van der Waals surface area (Å²) in [6, 6.07) is 12.6. The van der Waals surface area contributed by atoms with E-state index < -0.39 is 0 Å². The van der Waals surface area contributed by atoms with Crippen molar-refractivity contribution in [3.63, 3.8) is 0 Å². The van der Waals surface area contributed by atoms with Gasteiger partial charge in [0.05, 0.1) is 31.3 Å². The van der Waals surface area contributed by atoms with Crippen LogP contribution in [-0.2, 0) is 13.1 Å². The number of hydrogen-bond acceptors (Lipinski definition) is 4. The molecule has 0 radical (unpaired) electrons. The number of amides is 1. The van der Waals surface area contributed by atoms with Crippen LogP contribution in [-0.4, -0.2) is 15.8 Å². The lowest BCUT2D eigenvalue weighted by molar-refractivity contribution is 0.0683. The van der Waals surface area contributed by atoms with Crippen LogP contribution in [0.4, 0.5) is 0 Å². The smallest absolute Gasteiger partial charge is 0.290 e. The Morgan fingerprint density at radius 2 is 1.86 bits per heavy atom. The quantitative estimate of drug-likeness (QED) is 0.721. The fraction of sp³-hybridized carbons (Fsp3) is 0.125. The zero-order valence-electron chi connectivity index (χ0n) is 11.3. The maximum atomic E-state index is 12.5. The zero-order chi connectivity index (χ0) is 14.5. The second-order valence-corrected chi connectivity index (χ2v) is 4.54. The van der Waals surface area contributed by atoms with E-state index in [0.29, 0.717) is 24.6 Å². The maximum absolute atomic E-state index is 12.5. The summed E-state index contributed by atoms with van der Waals surface area (Å²) < 4.78 is 10.5. The molecule has 0 unspecified atom stereocenters. The Balaban J connectivity index is 1.82. The molecule has 0 aromatic carbocycles. The van der Waals surface area contributed by atoms with Crippen LogP contribution in [0.25, 0.3) is 0 Å². The summed E-state index contributed by atoms with van der Waals surface area (Å²) in [5.74, 6) is 0.824. The van der Waals surface area contributed by atoms with Crippen LogP contribution < -0.4 is 0 Å². The molecule has 0 bridgehead atoms. The molecule has 5 heteroatoms. The van der Waals surface area contributed by atoms with Crippen molar-refractivity contribution in [2.45, 2.75) is 13.1 Å². The molecule has 0 aliphatic carbocycles. The van der Waals surface area contributed by atoms with E-state index in [-0.39, 0.29) is 5.91 Å². The fourth-order valence-electron chi connectivity index (χ4n) is 2.03. The Morgan fingerprint density at radius 1 is 1.00 bits per heavy atom. The first kappa shape index (κ1) is 13.2. The first-order valence-electron chi connectivity index (χ1n) is 6.58. The van der Waals surface area contributed by atoms with E-state index in [1.54, 1.807) is 35.6 Å². The molecule has 3 aromatic rings. The highest BCUT2D eigenvalue weighted by atomic mass is 16.3. The molecule has 3 rings (SSSR count). The highest BCUT2D eigenvalue weighted by Gasteiger charge is 2.20. The highest BCUT2D eigenvalue weighted by molar-refractivity contribution is 5.91. The second kappa shape index (κ2) is 6.09. The van der Waals surface area contributed by atoms with Gasteiger partial charge < -0.3 is 13.7 Å². The molecular formula is C16H14N2O3. The van der Waals surface area contributed by atoms with Crippen molar-refractivity contribution in [3.05, 3.63) is 78.4 Å². The zero-order valence-corrected chi connectivity index (χ0v) is 11.3.